The Labute approximate surface area is 142 Å². The third-order valence-electron chi connectivity index (χ3n) is 4.02. The molecule has 24 heavy (non-hydrogen) atoms. The molecule has 0 aromatic heterocycles. The number of fused-ring (bicyclic) bond motifs is 1. The van der Waals surface area contributed by atoms with Gasteiger partial charge in [-0.15, -0.1) is 0 Å². The number of rotatable bonds is 3. The van der Waals surface area contributed by atoms with Crippen LogP contribution in [0.3, 0.4) is 0 Å². The average Bonchev–Trinajstić information content (AvgIpc) is 2.88. The molecule has 0 spiro atoms. The summed E-state index contributed by atoms with van der Waals surface area (Å²) in [5.74, 6) is 0.259. The topological polar surface area (TPSA) is 63.7 Å². The van der Waals surface area contributed by atoms with Gasteiger partial charge >= 0.3 is 10.1 Å². The molecule has 0 unspecified atom stereocenters. The number of benzene rings is 2. The molecule has 0 radical (unpaired) electrons. The lowest BCUT2D eigenvalue weighted by Gasteiger charge is -2.15. The first kappa shape index (κ1) is 16.5. The zero-order chi connectivity index (χ0) is 17.5. The zero-order valence-electron chi connectivity index (χ0n) is 13.9. The minimum absolute atomic E-state index is 0.0455. The molecule has 6 heteroatoms. The second-order valence-corrected chi connectivity index (χ2v) is 7.62. The Hall–Kier alpha value is -2.34. The van der Waals surface area contributed by atoms with Crippen LogP contribution in [0.2, 0.25) is 0 Å². The van der Waals surface area contributed by atoms with Gasteiger partial charge in [-0.05, 0) is 67.3 Å². The summed E-state index contributed by atoms with van der Waals surface area (Å²) in [6, 6.07) is 10.1. The summed E-state index contributed by atoms with van der Waals surface area (Å²) >= 11 is 0. The number of aryl methyl sites for hydroxylation is 2. The van der Waals surface area contributed by atoms with E-state index in [4.69, 9.17) is 4.18 Å². The highest BCUT2D eigenvalue weighted by molar-refractivity contribution is 7.87. The molecule has 0 fully saturated rings. The third kappa shape index (κ3) is 3.14. The largest absolute Gasteiger partial charge is 0.379 e. The van der Waals surface area contributed by atoms with Gasteiger partial charge < -0.3 is 9.08 Å². The normalized spacial score (nSPS) is 13.7. The molecule has 1 aliphatic rings. The van der Waals surface area contributed by atoms with Crippen LogP contribution in [0.4, 0.5) is 5.69 Å². The van der Waals surface area contributed by atoms with E-state index in [0.717, 1.165) is 22.4 Å². The molecule has 3 rings (SSSR count). The highest BCUT2D eigenvalue weighted by Crippen LogP contribution is 2.31. The number of hydrogen-bond acceptors (Lipinski definition) is 4. The molecule has 0 saturated heterocycles. The molecule has 1 aliphatic heterocycles. The number of carbonyl (C=O) groups is 1. The molecule has 5 nitrogen and oxygen atoms in total. The van der Waals surface area contributed by atoms with Crippen LogP contribution < -0.4 is 9.08 Å². The number of hydrogen-bond donors (Lipinski definition) is 0. The van der Waals surface area contributed by atoms with Crippen LogP contribution in [0.1, 0.15) is 23.6 Å². The van der Waals surface area contributed by atoms with E-state index in [1.807, 2.05) is 19.9 Å². The van der Waals surface area contributed by atoms with Gasteiger partial charge in [0, 0.05) is 19.2 Å². The molecule has 0 bridgehead atoms. The number of anilines is 1. The first-order valence-electron chi connectivity index (χ1n) is 7.70. The number of amides is 1. The molecule has 0 atom stereocenters. The van der Waals surface area contributed by atoms with Crippen molar-refractivity contribution in [2.75, 3.05) is 11.4 Å². The highest BCUT2D eigenvalue weighted by atomic mass is 32.2. The molecule has 1 amide bonds. The maximum atomic E-state index is 12.5. The number of carbonyl (C=O) groups excluding carboxylic acids is 1. The van der Waals surface area contributed by atoms with Gasteiger partial charge in [-0.25, -0.2) is 0 Å². The predicted octanol–water partition coefficient (Wildman–Crippen LogP) is 2.98. The van der Waals surface area contributed by atoms with Crippen molar-refractivity contribution in [3.8, 4) is 5.75 Å². The van der Waals surface area contributed by atoms with Crippen molar-refractivity contribution in [2.24, 2.45) is 0 Å². The molecular weight excluding hydrogens is 326 g/mol. The van der Waals surface area contributed by atoms with Gasteiger partial charge in [-0.2, -0.15) is 8.42 Å². The molecule has 1 heterocycles. The maximum Gasteiger partial charge on any atom is 0.339 e. The molecule has 2 aromatic carbocycles. The first-order valence-corrected chi connectivity index (χ1v) is 9.11. The van der Waals surface area contributed by atoms with Crippen molar-refractivity contribution in [2.45, 2.75) is 32.1 Å². The smallest absolute Gasteiger partial charge is 0.339 e. The summed E-state index contributed by atoms with van der Waals surface area (Å²) in [6.07, 6.45) is 0.641. The van der Waals surface area contributed by atoms with Crippen LogP contribution in [0.5, 0.6) is 5.75 Å². The molecule has 126 valence electrons. The molecule has 2 aromatic rings. The third-order valence-corrected chi connectivity index (χ3v) is 5.26. The van der Waals surface area contributed by atoms with Gasteiger partial charge in [0.2, 0.25) is 5.91 Å². The standard InChI is InChI=1S/C18H19NO4S/c1-12-8-13(2)10-16(9-12)23-24(21,22)17-4-5-18-15(11-17)6-7-19(18)14(3)20/h4-5,8-11H,6-7H2,1-3H3. The molecule has 0 N–H and O–H groups in total. The minimum Gasteiger partial charge on any atom is -0.379 e. The lowest BCUT2D eigenvalue weighted by molar-refractivity contribution is -0.116. The van der Waals surface area contributed by atoms with Crippen molar-refractivity contribution in [1.82, 2.24) is 0 Å². The Morgan fingerprint density at radius 1 is 1.08 bits per heavy atom. The van der Waals surface area contributed by atoms with Crippen molar-refractivity contribution in [3.05, 3.63) is 53.1 Å². The predicted molar refractivity (Wildman–Crippen MR) is 91.9 cm³/mol. The van der Waals surface area contributed by atoms with E-state index in [-0.39, 0.29) is 10.8 Å². The van der Waals surface area contributed by atoms with E-state index in [0.29, 0.717) is 18.7 Å². The van der Waals surface area contributed by atoms with Crippen LogP contribution in [0.15, 0.2) is 41.3 Å². The summed E-state index contributed by atoms with van der Waals surface area (Å²) in [7, 11) is -3.91. The van der Waals surface area contributed by atoms with Gasteiger partial charge in [-0.3, -0.25) is 4.79 Å². The van der Waals surface area contributed by atoms with Gasteiger partial charge in [-0.1, -0.05) is 6.07 Å². The van der Waals surface area contributed by atoms with Crippen molar-refractivity contribution in [3.63, 3.8) is 0 Å². The van der Waals surface area contributed by atoms with Gasteiger partial charge in [0.15, 0.2) is 0 Å². The van der Waals surface area contributed by atoms with Gasteiger partial charge in [0.1, 0.15) is 10.6 Å². The lowest BCUT2D eigenvalue weighted by atomic mass is 10.1. The van der Waals surface area contributed by atoms with E-state index in [1.165, 1.54) is 13.0 Å². The van der Waals surface area contributed by atoms with Crippen LogP contribution in [0, 0.1) is 13.8 Å². The first-order chi connectivity index (χ1) is 11.3. The highest BCUT2D eigenvalue weighted by Gasteiger charge is 2.25. The molecule has 0 aliphatic carbocycles. The van der Waals surface area contributed by atoms with Crippen molar-refractivity contribution >= 4 is 21.7 Å². The Kier molecular flexibility index (Phi) is 4.09. The zero-order valence-corrected chi connectivity index (χ0v) is 14.7. The Morgan fingerprint density at radius 2 is 1.75 bits per heavy atom. The summed E-state index contributed by atoms with van der Waals surface area (Å²) in [6.45, 7) is 5.85. The molecular formula is C18H19NO4S. The Morgan fingerprint density at radius 3 is 2.38 bits per heavy atom. The fourth-order valence-electron chi connectivity index (χ4n) is 3.02. The SMILES string of the molecule is CC(=O)N1CCc2cc(S(=O)(=O)Oc3cc(C)cc(C)c3)ccc21. The Bertz CT molecular complexity index is 898. The summed E-state index contributed by atoms with van der Waals surface area (Å²) in [4.78, 5) is 13.3. The van der Waals surface area contributed by atoms with E-state index >= 15 is 0 Å². The van der Waals surface area contributed by atoms with Crippen LogP contribution >= 0.6 is 0 Å². The van der Waals surface area contributed by atoms with Crippen LogP contribution in [0.25, 0.3) is 0 Å². The molecule has 0 saturated carbocycles. The fraction of sp³-hybridized carbons (Fsp3) is 0.278. The second-order valence-electron chi connectivity index (χ2n) is 6.07. The summed E-state index contributed by atoms with van der Waals surface area (Å²) in [5.41, 5.74) is 3.49. The summed E-state index contributed by atoms with van der Waals surface area (Å²) < 4.78 is 30.3. The van der Waals surface area contributed by atoms with Crippen LogP contribution in [-0.4, -0.2) is 20.9 Å². The van der Waals surface area contributed by atoms with Gasteiger partial charge in [0.05, 0.1) is 0 Å². The van der Waals surface area contributed by atoms with E-state index in [1.54, 1.807) is 29.2 Å². The quantitative estimate of drug-likeness (QED) is 0.802. The lowest BCUT2D eigenvalue weighted by Crippen LogP contribution is -2.25. The monoisotopic (exact) mass is 345 g/mol. The van der Waals surface area contributed by atoms with Crippen molar-refractivity contribution in [1.29, 1.82) is 0 Å². The Balaban J connectivity index is 1.92. The second kappa shape index (κ2) is 5.94. The van der Waals surface area contributed by atoms with Crippen molar-refractivity contribution < 1.29 is 17.4 Å². The van der Waals surface area contributed by atoms with Crippen LogP contribution in [-0.2, 0) is 21.3 Å². The van der Waals surface area contributed by atoms with Gasteiger partial charge in [0.25, 0.3) is 0 Å². The van der Waals surface area contributed by atoms with E-state index in [9.17, 15) is 13.2 Å². The minimum atomic E-state index is -3.91. The average molecular weight is 345 g/mol. The number of nitrogens with zero attached hydrogens (tertiary/aromatic N) is 1. The van der Waals surface area contributed by atoms with E-state index in [2.05, 4.69) is 0 Å². The maximum absolute atomic E-state index is 12.5. The fourth-order valence-corrected chi connectivity index (χ4v) is 3.98. The van der Waals surface area contributed by atoms with E-state index < -0.39 is 10.1 Å². The summed E-state index contributed by atoms with van der Waals surface area (Å²) in [5, 5.41) is 0.